The largest absolute Gasteiger partial charge is 0.383 e. The Labute approximate surface area is 62.5 Å². The lowest BCUT2D eigenvalue weighted by molar-refractivity contribution is 0.367. The molecule has 0 bridgehead atoms. The number of rotatable bonds is 0. The molecule has 0 amide bonds. The molecule has 10 heavy (non-hydrogen) atoms. The molecule has 56 valence electrons. The van der Waals surface area contributed by atoms with Crippen LogP contribution in [0.5, 0.6) is 0 Å². The molecule has 2 aliphatic rings. The Morgan fingerprint density at radius 2 is 2.40 bits per heavy atom. The Balaban J connectivity index is 2.15. The van der Waals surface area contributed by atoms with Crippen LogP contribution in [0.1, 0.15) is 26.7 Å². The van der Waals surface area contributed by atoms with Crippen molar-refractivity contribution < 1.29 is 0 Å². The third-order valence-corrected chi connectivity index (χ3v) is 3.02. The molecule has 1 aliphatic carbocycles. The van der Waals surface area contributed by atoms with E-state index in [0.29, 0.717) is 5.54 Å². The van der Waals surface area contributed by atoms with Gasteiger partial charge in [-0.25, -0.2) is 0 Å². The Bertz CT molecular complexity index is 185. The summed E-state index contributed by atoms with van der Waals surface area (Å²) in [7, 11) is 0. The van der Waals surface area contributed by atoms with E-state index < -0.39 is 0 Å². The maximum absolute atomic E-state index is 3.98. The van der Waals surface area contributed by atoms with E-state index in [1.165, 1.54) is 18.5 Å². The normalized spacial score (nSPS) is 51.6. The molecule has 0 aromatic rings. The Hall–Kier alpha value is -0.460. The van der Waals surface area contributed by atoms with Gasteiger partial charge < -0.3 is 5.32 Å². The molecule has 1 heteroatoms. The van der Waals surface area contributed by atoms with Crippen molar-refractivity contribution in [2.24, 2.45) is 11.8 Å². The van der Waals surface area contributed by atoms with Gasteiger partial charge in [-0.2, -0.15) is 0 Å². The van der Waals surface area contributed by atoms with Crippen molar-refractivity contribution in [3.8, 4) is 0 Å². The molecule has 1 aliphatic heterocycles. The predicted octanol–water partition coefficient (Wildman–Crippen LogP) is 1.91. The van der Waals surface area contributed by atoms with Gasteiger partial charge in [0.25, 0.3) is 0 Å². The van der Waals surface area contributed by atoms with Crippen LogP contribution >= 0.6 is 0 Å². The minimum atomic E-state index is 0.439. The average Bonchev–Trinajstić information content (AvgIpc) is 2.39. The zero-order valence-corrected chi connectivity index (χ0v) is 6.78. The zero-order chi connectivity index (χ0) is 7.35. The summed E-state index contributed by atoms with van der Waals surface area (Å²) < 4.78 is 0. The van der Waals surface area contributed by atoms with Crippen LogP contribution in [0.3, 0.4) is 0 Å². The predicted molar refractivity (Wildman–Crippen MR) is 42.6 cm³/mol. The molecule has 0 radical (unpaired) electrons. The second-order valence-corrected chi connectivity index (χ2v) is 4.14. The molecule has 2 fully saturated rings. The molecule has 0 spiro atoms. The first-order chi connectivity index (χ1) is 4.62. The van der Waals surface area contributed by atoms with Gasteiger partial charge in [-0.15, -0.1) is 0 Å². The monoisotopic (exact) mass is 137 g/mol. The molecule has 1 saturated carbocycles. The number of nitrogens with one attached hydrogen (secondary N) is 1. The molecule has 0 aromatic heterocycles. The van der Waals surface area contributed by atoms with Crippen LogP contribution in [0.4, 0.5) is 0 Å². The van der Waals surface area contributed by atoms with Crippen LogP contribution in [0.25, 0.3) is 0 Å². The second kappa shape index (κ2) is 1.58. The summed E-state index contributed by atoms with van der Waals surface area (Å²) in [6.07, 6.45) is 2.54. The Morgan fingerprint density at radius 3 is 3.00 bits per heavy atom. The lowest BCUT2D eigenvalue weighted by Crippen LogP contribution is -2.35. The quantitative estimate of drug-likeness (QED) is 0.537. The number of allylic oxidation sites excluding steroid dienone is 1. The first-order valence-corrected chi connectivity index (χ1v) is 4.08. The molecule has 3 atom stereocenters. The highest BCUT2D eigenvalue weighted by atomic mass is 15.1. The van der Waals surface area contributed by atoms with E-state index in [1.807, 2.05) is 0 Å². The number of hydrogen-bond acceptors (Lipinski definition) is 1. The van der Waals surface area contributed by atoms with Gasteiger partial charge >= 0.3 is 0 Å². The van der Waals surface area contributed by atoms with E-state index in [4.69, 9.17) is 0 Å². The van der Waals surface area contributed by atoms with Gasteiger partial charge in [-0.1, -0.05) is 13.5 Å². The smallest absolute Gasteiger partial charge is 0.0377 e. The van der Waals surface area contributed by atoms with E-state index in [-0.39, 0.29) is 0 Å². The first-order valence-electron chi connectivity index (χ1n) is 4.08. The lowest BCUT2D eigenvalue weighted by Gasteiger charge is -2.27. The van der Waals surface area contributed by atoms with Crippen molar-refractivity contribution in [1.29, 1.82) is 0 Å². The molecule has 2 rings (SSSR count). The number of fused-ring (bicyclic) bond motifs is 1. The summed E-state index contributed by atoms with van der Waals surface area (Å²) in [6, 6.07) is 0. The van der Waals surface area contributed by atoms with Crippen LogP contribution in [0.15, 0.2) is 12.3 Å². The van der Waals surface area contributed by atoms with Crippen molar-refractivity contribution in [2.45, 2.75) is 32.2 Å². The minimum Gasteiger partial charge on any atom is -0.383 e. The van der Waals surface area contributed by atoms with Gasteiger partial charge in [0, 0.05) is 11.2 Å². The molecular formula is C9H15N. The van der Waals surface area contributed by atoms with E-state index >= 15 is 0 Å². The number of piperidine rings is 1. The molecule has 0 aromatic carbocycles. The van der Waals surface area contributed by atoms with Crippen molar-refractivity contribution in [2.75, 3.05) is 0 Å². The summed E-state index contributed by atoms with van der Waals surface area (Å²) in [4.78, 5) is 0. The van der Waals surface area contributed by atoms with Crippen molar-refractivity contribution >= 4 is 0 Å². The third kappa shape index (κ3) is 0.695. The zero-order valence-electron chi connectivity index (χ0n) is 6.78. The van der Waals surface area contributed by atoms with Gasteiger partial charge in [0.1, 0.15) is 0 Å². The molecule has 0 unspecified atom stereocenters. The highest BCUT2D eigenvalue weighted by molar-refractivity contribution is 5.19. The fraction of sp³-hybridized carbons (Fsp3) is 0.778. The fourth-order valence-electron chi connectivity index (χ4n) is 2.36. The summed E-state index contributed by atoms with van der Waals surface area (Å²) in [5.74, 6) is 1.79. The number of hydrogen-bond donors (Lipinski definition) is 1. The second-order valence-electron chi connectivity index (χ2n) is 4.14. The average molecular weight is 137 g/mol. The van der Waals surface area contributed by atoms with Crippen LogP contribution < -0.4 is 5.32 Å². The molecule has 1 N–H and O–H groups in total. The first kappa shape index (κ1) is 6.26. The minimum absolute atomic E-state index is 0.439. The molecule has 1 nitrogen and oxygen atoms in total. The summed E-state index contributed by atoms with van der Waals surface area (Å²) in [5.41, 5.74) is 1.68. The van der Waals surface area contributed by atoms with Gasteiger partial charge in [0.2, 0.25) is 0 Å². The molecule has 1 heterocycles. The topological polar surface area (TPSA) is 12.0 Å². The highest BCUT2D eigenvalue weighted by Crippen LogP contribution is 2.53. The highest BCUT2D eigenvalue weighted by Gasteiger charge is 2.55. The van der Waals surface area contributed by atoms with E-state index in [2.05, 4.69) is 25.7 Å². The lowest BCUT2D eigenvalue weighted by atomic mass is 9.93. The van der Waals surface area contributed by atoms with Gasteiger partial charge in [-0.3, -0.25) is 0 Å². The van der Waals surface area contributed by atoms with Crippen LogP contribution in [-0.4, -0.2) is 5.54 Å². The Morgan fingerprint density at radius 1 is 1.70 bits per heavy atom. The van der Waals surface area contributed by atoms with Crippen LogP contribution in [-0.2, 0) is 0 Å². The standard InChI is InChI=1S/C9H15N/c1-6-4-7(2)10-9(3)5-8(6)9/h6,8,10H,2,4-5H2,1,3H3/t6-,8+,9+/m1/s1. The maximum Gasteiger partial charge on any atom is 0.0377 e. The summed E-state index contributed by atoms with van der Waals surface area (Å²) in [6.45, 7) is 8.62. The fourth-order valence-corrected chi connectivity index (χ4v) is 2.36. The van der Waals surface area contributed by atoms with E-state index in [9.17, 15) is 0 Å². The van der Waals surface area contributed by atoms with Crippen molar-refractivity contribution in [3.05, 3.63) is 12.3 Å². The van der Waals surface area contributed by atoms with Gasteiger partial charge in [0.15, 0.2) is 0 Å². The van der Waals surface area contributed by atoms with E-state index in [0.717, 1.165) is 11.8 Å². The van der Waals surface area contributed by atoms with Crippen LogP contribution in [0, 0.1) is 11.8 Å². The maximum atomic E-state index is 3.98. The summed E-state index contributed by atoms with van der Waals surface area (Å²) in [5, 5.41) is 3.47. The molecule has 1 saturated heterocycles. The van der Waals surface area contributed by atoms with Crippen LogP contribution in [0.2, 0.25) is 0 Å². The third-order valence-electron chi connectivity index (χ3n) is 3.02. The van der Waals surface area contributed by atoms with E-state index in [1.54, 1.807) is 0 Å². The van der Waals surface area contributed by atoms with Gasteiger partial charge in [-0.05, 0) is 31.6 Å². The van der Waals surface area contributed by atoms with Gasteiger partial charge in [0.05, 0.1) is 0 Å². The van der Waals surface area contributed by atoms with Crippen molar-refractivity contribution in [3.63, 3.8) is 0 Å². The SMILES string of the molecule is C=C1C[C@@H](C)[C@@H]2C[C@]2(C)N1. The Kier molecular flexibility index (Phi) is 0.988. The van der Waals surface area contributed by atoms with Crippen molar-refractivity contribution in [1.82, 2.24) is 5.32 Å². The summed E-state index contributed by atoms with van der Waals surface area (Å²) >= 11 is 0. The molecular weight excluding hydrogens is 122 g/mol.